The molecule has 6 rings (SSSR count). The number of nitrogens with one attached hydrogen (secondary N) is 1. The molecule has 51 heavy (non-hydrogen) atoms. The zero-order chi connectivity index (χ0) is 35.1. The number of nitrogens with two attached hydrogens (primary N) is 1. The van der Waals surface area contributed by atoms with Crippen molar-refractivity contribution in [3.8, 4) is 11.1 Å². The van der Waals surface area contributed by atoms with Crippen molar-refractivity contribution in [3.05, 3.63) is 108 Å². The fraction of sp³-hybridized carbons (Fsp3) is 0.0857. The first-order valence-corrected chi connectivity index (χ1v) is 17.6. The minimum absolute atomic E-state index is 0. The molecule has 0 heterocycles. The molecule has 6 aromatic carbocycles. The molecule has 0 bridgehead atoms. The van der Waals surface area contributed by atoms with Crippen LogP contribution in [0.1, 0.15) is 11.1 Å². The number of benzene rings is 6. The quantitative estimate of drug-likeness (QED) is 0.103. The third kappa shape index (κ3) is 8.75. The Morgan fingerprint density at radius 2 is 1.00 bits per heavy atom. The predicted molar refractivity (Wildman–Crippen MR) is 187 cm³/mol. The first-order chi connectivity index (χ1) is 23.2. The van der Waals surface area contributed by atoms with Crippen molar-refractivity contribution >= 4 is 75.9 Å². The molecule has 3 N–H and O–H groups in total. The van der Waals surface area contributed by atoms with Crippen molar-refractivity contribution < 1.29 is 85.1 Å². The number of azo groups is 2. The molecule has 0 saturated carbocycles. The van der Waals surface area contributed by atoms with Gasteiger partial charge in [-0.15, -0.1) is 10.2 Å². The van der Waals surface area contributed by atoms with Crippen LogP contribution in [0.25, 0.3) is 32.7 Å². The van der Waals surface area contributed by atoms with Crippen LogP contribution in [0.2, 0.25) is 0 Å². The first-order valence-electron chi connectivity index (χ1n) is 14.8. The number of anilines is 2. The van der Waals surface area contributed by atoms with Gasteiger partial charge in [0.15, 0.2) is 0 Å². The summed E-state index contributed by atoms with van der Waals surface area (Å²) < 4.78 is 69.8. The summed E-state index contributed by atoms with van der Waals surface area (Å²) in [6.45, 7) is 3.78. The first kappa shape index (κ1) is 40.2. The number of nitrogen functional groups attached to an aromatic ring is 1. The summed E-state index contributed by atoms with van der Waals surface area (Å²) >= 11 is 0. The van der Waals surface area contributed by atoms with E-state index in [0.717, 1.165) is 22.3 Å². The van der Waals surface area contributed by atoms with E-state index < -0.39 is 20.2 Å². The molecule has 0 aliphatic heterocycles. The molecule has 0 fully saturated rings. The molecule has 0 amide bonds. The van der Waals surface area contributed by atoms with Crippen molar-refractivity contribution in [1.82, 2.24) is 0 Å². The summed E-state index contributed by atoms with van der Waals surface area (Å²) in [5.41, 5.74) is 12.4. The Morgan fingerprint density at radius 1 is 0.569 bits per heavy atom. The van der Waals surface area contributed by atoms with Gasteiger partial charge in [-0.25, -0.2) is 16.8 Å². The van der Waals surface area contributed by atoms with Crippen LogP contribution >= 0.6 is 0 Å². The van der Waals surface area contributed by atoms with Crippen LogP contribution in [0.3, 0.4) is 0 Å². The zero-order valence-electron chi connectivity index (χ0n) is 28.4. The van der Waals surface area contributed by atoms with Gasteiger partial charge >= 0.3 is 59.1 Å². The van der Waals surface area contributed by atoms with Crippen molar-refractivity contribution in [2.75, 3.05) is 18.1 Å². The van der Waals surface area contributed by atoms with E-state index in [1.165, 1.54) is 30.3 Å². The van der Waals surface area contributed by atoms with Gasteiger partial charge in [0.1, 0.15) is 31.6 Å². The molecule has 6 aromatic rings. The molecule has 12 nitrogen and oxygen atoms in total. The molecule has 0 aliphatic carbocycles. The van der Waals surface area contributed by atoms with Crippen LogP contribution in [-0.2, 0) is 20.2 Å². The van der Waals surface area contributed by atoms with Crippen LogP contribution in [0.4, 0.5) is 34.1 Å². The fourth-order valence-corrected chi connectivity index (χ4v) is 6.41. The molecule has 0 radical (unpaired) electrons. The number of aryl methyl sites for hydroxylation is 2. The molecular formula is C35H28N6Na2O6S2. The summed E-state index contributed by atoms with van der Waals surface area (Å²) in [6.07, 6.45) is 0. The summed E-state index contributed by atoms with van der Waals surface area (Å²) in [4.78, 5) is -0.730. The van der Waals surface area contributed by atoms with Gasteiger partial charge in [-0.3, -0.25) is 0 Å². The maximum absolute atomic E-state index is 11.7. The van der Waals surface area contributed by atoms with E-state index in [9.17, 15) is 25.9 Å². The van der Waals surface area contributed by atoms with E-state index >= 15 is 0 Å². The van der Waals surface area contributed by atoms with Crippen LogP contribution in [0.15, 0.2) is 127 Å². The number of hydrogen-bond acceptors (Lipinski definition) is 12. The van der Waals surface area contributed by atoms with Crippen molar-refractivity contribution in [1.29, 1.82) is 0 Å². The number of nitrogens with zero attached hydrogens (tertiary/aromatic N) is 4. The molecule has 0 aliphatic rings. The Labute approximate surface area is 339 Å². The number of hydrogen-bond donors (Lipinski definition) is 2. The van der Waals surface area contributed by atoms with Gasteiger partial charge in [0.25, 0.3) is 0 Å². The predicted octanol–water partition coefficient (Wildman–Crippen LogP) is 2.55. The monoisotopic (exact) mass is 738 g/mol. The molecule has 16 heteroatoms. The minimum Gasteiger partial charge on any atom is -0.744 e. The van der Waals surface area contributed by atoms with E-state index in [0.29, 0.717) is 44.3 Å². The summed E-state index contributed by atoms with van der Waals surface area (Å²) in [7, 11) is -7.62. The van der Waals surface area contributed by atoms with Crippen molar-refractivity contribution in [2.45, 2.75) is 23.6 Å². The zero-order valence-corrected chi connectivity index (χ0v) is 34.0. The fourth-order valence-electron chi connectivity index (χ4n) is 5.42. The minimum atomic E-state index is -4.67. The second-order valence-corrected chi connectivity index (χ2v) is 14.1. The van der Waals surface area contributed by atoms with Gasteiger partial charge in [0, 0.05) is 17.8 Å². The second-order valence-electron chi connectivity index (χ2n) is 11.3. The van der Waals surface area contributed by atoms with Crippen molar-refractivity contribution in [3.63, 3.8) is 0 Å². The molecule has 0 aromatic heterocycles. The Morgan fingerprint density at radius 3 is 1.45 bits per heavy atom. The molecule has 0 unspecified atom stereocenters. The summed E-state index contributed by atoms with van der Waals surface area (Å²) in [6, 6.07) is 26.5. The van der Waals surface area contributed by atoms with E-state index in [1.54, 1.807) is 37.4 Å². The largest absolute Gasteiger partial charge is 1.00 e. The summed E-state index contributed by atoms with van der Waals surface area (Å²) in [5, 5.41) is 22.9. The molecular weight excluding hydrogens is 711 g/mol. The Bertz CT molecular complexity index is 2600. The topological polar surface area (TPSA) is 202 Å². The van der Waals surface area contributed by atoms with Crippen LogP contribution < -0.4 is 70.2 Å². The van der Waals surface area contributed by atoms with Gasteiger partial charge in [-0.1, -0.05) is 36.4 Å². The Kier molecular flexibility index (Phi) is 12.6. The maximum atomic E-state index is 11.7. The third-order valence-electron chi connectivity index (χ3n) is 8.05. The van der Waals surface area contributed by atoms with Gasteiger partial charge < -0.3 is 20.2 Å². The van der Waals surface area contributed by atoms with E-state index in [2.05, 4.69) is 25.8 Å². The van der Waals surface area contributed by atoms with E-state index in [1.807, 2.05) is 50.2 Å². The van der Waals surface area contributed by atoms with Gasteiger partial charge in [0.05, 0.1) is 32.5 Å². The van der Waals surface area contributed by atoms with Crippen LogP contribution in [0, 0.1) is 13.8 Å². The Balaban J connectivity index is 0.00000292. The third-order valence-corrected chi connectivity index (χ3v) is 9.71. The molecule has 0 atom stereocenters. The standard InChI is InChI=1S/C35H30N6O6S2.2Na/c1-20-16-24(8-13-31(20)38-40-34-28-18-26(48(42,43)44)10-4-22(28)6-12-30(34)36)25-9-14-32(21(2)17-25)39-41-35-29-19-27(49(45,46)47)11-5-23(29)7-15-33(35)37-3;;/h4-19,37H,36H2,1-3H3,(H,42,43,44)(H,45,46,47);;/q;2*+1/p-2. The normalized spacial score (nSPS) is 11.9. The number of fused-ring (bicyclic) bond motifs is 2. The average molecular weight is 739 g/mol. The average Bonchev–Trinajstić information content (AvgIpc) is 3.06. The van der Waals surface area contributed by atoms with Gasteiger partial charge in [-0.05, 0) is 108 Å². The van der Waals surface area contributed by atoms with Gasteiger partial charge in [-0.2, -0.15) is 10.2 Å². The second kappa shape index (κ2) is 16.0. The van der Waals surface area contributed by atoms with Crippen LogP contribution in [0.5, 0.6) is 0 Å². The molecule has 0 saturated heterocycles. The molecule has 248 valence electrons. The Hall–Kier alpha value is -3.54. The van der Waals surface area contributed by atoms with Gasteiger partial charge in [0.2, 0.25) is 0 Å². The van der Waals surface area contributed by atoms with Crippen LogP contribution in [-0.4, -0.2) is 33.0 Å². The van der Waals surface area contributed by atoms with Crippen molar-refractivity contribution in [2.24, 2.45) is 20.5 Å². The maximum Gasteiger partial charge on any atom is 1.00 e. The van der Waals surface area contributed by atoms with E-state index in [4.69, 9.17) is 5.73 Å². The SMILES string of the molecule is CNc1ccc2ccc(S(=O)(=O)[O-])cc2c1N=Nc1ccc(-c2ccc(N=Nc3c(N)ccc4ccc(S(=O)(=O)[O-])cc34)c(C)c2)cc1C.[Na+].[Na+]. The molecule has 0 spiro atoms. The van der Waals surface area contributed by atoms with E-state index in [-0.39, 0.29) is 80.3 Å². The smallest absolute Gasteiger partial charge is 0.744 e. The summed E-state index contributed by atoms with van der Waals surface area (Å²) in [5.74, 6) is 0. The number of rotatable bonds is 8.